The number of hydrogen-bond acceptors (Lipinski definition) is 4. The van der Waals surface area contributed by atoms with Crippen molar-refractivity contribution in [2.24, 2.45) is 5.92 Å². The first kappa shape index (κ1) is 14.5. The Morgan fingerprint density at radius 1 is 1.53 bits per heavy atom. The molecule has 4 nitrogen and oxygen atoms in total. The molecule has 4 heteroatoms. The van der Waals surface area contributed by atoms with Gasteiger partial charge in [-0.3, -0.25) is 9.69 Å². The van der Waals surface area contributed by atoms with Crippen molar-refractivity contribution in [3.05, 3.63) is 0 Å². The Hall–Kier alpha value is -0.610. The minimum absolute atomic E-state index is 0.122. The summed E-state index contributed by atoms with van der Waals surface area (Å²) in [6.45, 7) is 9.51. The van der Waals surface area contributed by atoms with Gasteiger partial charge in [-0.15, -0.1) is 0 Å². The van der Waals surface area contributed by atoms with Gasteiger partial charge in [0.05, 0.1) is 0 Å². The highest BCUT2D eigenvalue weighted by molar-refractivity contribution is 5.76. The van der Waals surface area contributed by atoms with E-state index in [0.29, 0.717) is 0 Å². The van der Waals surface area contributed by atoms with Crippen LogP contribution in [0.15, 0.2) is 0 Å². The van der Waals surface area contributed by atoms with E-state index in [1.165, 1.54) is 0 Å². The smallest absolute Gasteiger partial charge is 0.323 e. The first-order valence-corrected chi connectivity index (χ1v) is 6.41. The Labute approximate surface area is 104 Å². The summed E-state index contributed by atoms with van der Waals surface area (Å²) in [5, 5.41) is 9.06. The summed E-state index contributed by atoms with van der Waals surface area (Å²) >= 11 is 0. The van der Waals surface area contributed by atoms with Crippen molar-refractivity contribution in [2.45, 2.75) is 52.2 Å². The molecule has 0 aromatic carbocycles. The van der Waals surface area contributed by atoms with Gasteiger partial charge >= 0.3 is 5.97 Å². The number of aliphatic hydroxyl groups excluding tert-OH is 1. The van der Waals surface area contributed by atoms with Crippen LogP contribution in [0.2, 0.25) is 0 Å². The van der Waals surface area contributed by atoms with E-state index in [0.717, 1.165) is 25.9 Å². The molecular weight excluding hydrogens is 218 g/mol. The molecule has 100 valence electrons. The molecule has 1 aliphatic rings. The fourth-order valence-electron chi connectivity index (χ4n) is 2.14. The lowest BCUT2D eigenvalue weighted by molar-refractivity contribution is -0.160. The molecule has 0 amide bonds. The molecule has 1 saturated heterocycles. The maximum absolute atomic E-state index is 12.0. The van der Waals surface area contributed by atoms with E-state index in [-0.39, 0.29) is 24.5 Å². The van der Waals surface area contributed by atoms with Crippen molar-refractivity contribution >= 4 is 5.97 Å². The maximum atomic E-state index is 12.0. The Kier molecular flexibility index (Phi) is 4.95. The molecule has 1 heterocycles. The minimum Gasteiger partial charge on any atom is -0.459 e. The average Bonchev–Trinajstić information content (AvgIpc) is 2.63. The van der Waals surface area contributed by atoms with Crippen molar-refractivity contribution in [1.29, 1.82) is 0 Å². The number of nitrogens with zero attached hydrogens (tertiary/aromatic N) is 1. The number of carbonyl (C=O) groups is 1. The third-order valence-electron chi connectivity index (χ3n) is 2.90. The largest absolute Gasteiger partial charge is 0.459 e. The van der Waals surface area contributed by atoms with Crippen LogP contribution in [0, 0.1) is 5.92 Å². The normalized spacial score (nSPS) is 23.7. The van der Waals surface area contributed by atoms with Gasteiger partial charge in [0, 0.05) is 13.2 Å². The van der Waals surface area contributed by atoms with Crippen LogP contribution in [-0.4, -0.2) is 47.3 Å². The molecule has 1 fully saturated rings. The molecule has 0 bridgehead atoms. The first-order valence-electron chi connectivity index (χ1n) is 6.41. The van der Waals surface area contributed by atoms with Gasteiger partial charge in [-0.25, -0.2) is 0 Å². The molecule has 0 radical (unpaired) electrons. The summed E-state index contributed by atoms with van der Waals surface area (Å²) in [4.78, 5) is 14.1. The van der Waals surface area contributed by atoms with Crippen molar-refractivity contribution in [3.63, 3.8) is 0 Å². The second-order valence-corrected chi connectivity index (χ2v) is 5.97. The van der Waals surface area contributed by atoms with Crippen LogP contribution >= 0.6 is 0 Å². The van der Waals surface area contributed by atoms with Crippen LogP contribution in [0.4, 0.5) is 0 Å². The SMILES string of the molecule is CC(CO)CN1CCC[C@H]1C(=O)OC(C)(C)C. The van der Waals surface area contributed by atoms with E-state index in [9.17, 15) is 4.79 Å². The second-order valence-electron chi connectivity index (χ2n) is 5.97. The Morgan fingerprint density at radius 2 is 2.18 bits per heavy atom. The summed E-state index contributed by atoms with van der Waals surface area (Å²) in [5.41, 5.74) is -0.423. The summed E-state index contributed by atoms with van der Waals surface area (Å²) in [6, 6.07) is -0.122. The fraction of sp³-hybridized carbons (Fsp3) is 0.923. The highest BCUT2D eigenvalue weighted by Gasteiger charge is 2.34. The summed E-state index contributed by atoms with van der Waals surface area (Å²) < 4.78 is 5.42. The lowest BCUT2D eigenvalue weighted by Gasteiger charge is -2.28. The summed E-state index contributed by atoms with van der Waals surface area (Å²) in [7, 11) is 0. The van der Waals surface area contributed by atoms with Crippen molar-refractivity contribution in [1.82, 2.24) is 4.90 Å². The predicted octanol–water partition coefficient (Wildman–Crippen LogP) is 1.42. The second kappa shape index (κ2) is 5.83. The van der Waals surface area contributed by atoms with Gasteiger partial charge in [-0.1, -0.05) is 6.92 Å². The van der Waals surface area contributed by atoms with Crippen LogP contribution < -0.4 is 0 Å². The molecule has 17 heavy (non-hydrogen) atoms. The van der Waals surface area contributed by atoms with E-state index < -0.39 is 5.60 Å². The van der Waals surface area contributed by atoms with Crippen molar-refractivity contribution in [2.75, 3.05) is 19.7 Å². The van der Waals surface area contributed by atoms with Crippen LogP contribution in [-0.2, 0) is 9.53 Å². The molecular formula is C13H25NO3. The first-order chi connectivity index (χ1) is 7.83. The number of esters is 1. The van der Waals surface area contributed by atoms with Gasteiger partial charge in [0.25, 0.3) is 0 Å². The number of rotatable bonds is 4. The Bertz CT molecular complexity index is 260. The Morgan fingerprint density at radius 3 is 2.71 bits per heavy atom. The van der Waals surface area contributed by atoms with Gasteiger partial charge in [-0.05, 0) is 46.1 Å². The summed E-state index contributed by atoms with van der Waals surface area (Å²) in [6.07, 6.45) is 1.90. The molecule has 0 spiro atoms. The van der Waals surface area contributed by atoms with Crippen molar-refractivity contribution < 1.29 is 14.6 Å². The zero-order chi connectivity index (χ0) is 13.1. The topological polar surface area (TPSA) is 49.8 Å². The highest BCUT2D eigenvalue weighted by Crippen LogP contribution is 2.22. The Balaban J connectivity index is 2.54. The number of carbonyl (C=O) groups excluding carboxylic acids is 1. The molecule has 0 aromatic heterocycles. The maximum Gasteiger partial charge on any atom is 0.323 e. The van der Waals surface area contributed by atoms with Crippen LogP contribution in [0.25, 0.3) is 0 Å². The molecule has 1 aliphatic heterocycles. The minimum atomic E-state index is -0.423. The fourth-order valence-corrected chi connectivity index (χ4v) is 2.14. The van der Waals surface area contributed by atoms with Gasteiger partial charge in [0.2, 0.25) is 0 Å². The van der Waals surface area contributed by atoms with E-state index in [4.69, 9.17) is 9.84 Å². The highest BCUT2D eigenvalue weighted by atomic mass is 16.6. The van der Waals surface area contributed by atoms with Gasteiger partial charge in [-0.2, -0.15) is 0 Å². The van der Waals surface area contributed by atoms with Crippen molar-refractivity contribution in [3.8, 4) is 0 Å². The zero-order valence-electron chi connectivity index (χ0n) is 11.4. The molecule has 0 aliphatic carbocycles. The number of aliphatic hydroxyl groups is 1. The van der Waals surface area contributed by atoms with Crippen LogP contribution in [0.5, 0.6) is 0 Å². The van der Waals surface area contributed by atoms with Gasteiger partial charge in [0.15, 0.2) is 0 Å². The van der Waals surface area contributed by atoms with E-state index >= 15 is 0 Å². The molecule has 0 saturated carbocycles. The van der Waals surface area contributed by atoms with Crippen LogP contribution in [0.3, 0.4) is 0 Å². The third-order valence-corrected chi connectivity index (χ3v) is 2.90. The number of ether oxygens (including phenoxy) is 1. The summed E-state index contributed by atoms with van der Waals surface area (Å²) in [5.74, 6) is 0.0816. The predicted molar refractivity (Wildman–Crippen MR) is 66.7 cm³/mol. The third kappa shape index (κ3) is 4.64. The number of likely N-dealkylation sites (tertiary alicyclic amines) is 1. The number of hydrogen-bond donors (Lipinski definition) is 1. The van der Waals surface area contributed by atoms with Gasteiger partial charge < -0.3 is 9.84 Å². The quantitative estimate of drug-likeness (QED) is 0.759. The average molecular weight is 243 g/mol. The molecule has 1 unspecified atom stereocenters. The monoisotopic (exact) mass is 243 g/mol. The van der Waals surface area contributed by atoms with Gasteiger partial charge in [0.1, 0.15) is 11.6 Å². The molecule has 2 atom stereocenters. The lowest BCUT2D eigenvalue weighted by Crippen LogP contribution is -2.42. The van der Waals surface area contributed by atoms with E-state index in [2.05, 4.69) is 4.90 Å². The molecule has 1 N–H and O–H groups in total. The lowest BCUT2D eigenvalue weighted by atomic mass is 10.1. The zero-order valence-corrected chi connectivity index (χ0v) is 11.4. The van der Waals surface area contributed by atoms with E-state index in [1.54, 1.807) is 0 Å². The molecule has 0 aromatic rings. The van der Waals surface area contributed by atoms with Crippen LogP contribution in [0.1, 0.15) is 40.5 Å². The van der Waals surface area contributed by atoms with E-state index in [1.807, 2.05) is 27.7 Å². The molecule has 1 rings (SSSR count). The standard InChI is InChI=1S/C13H25NO3/c1-10(9-15)8-14-7-5-6-11(14)12(16)17-13(2,3)4/h10-11,15H,5-9H2,1-4H3/t10?,11-/m0/s1.